The summed E-state index contributed by atoms with van der Waals surface area (Å²) in [5, 5.41) is 13.0. The van der Waals surface area contributed by atoms with Crippen molar-refractivity contribution in [2.45, 2.75) is 25.9 Å². The number of methoxy groups -OCH3 is 1. The van der Waals surface area contributed by atoms with Gasteiger partial charge in [0.1, 0.15) is 5.82 Å². The molecular weight excluding hydrogens is 242 g/mol. The minimum absolute atomic E-state index is 0.116. The van der Waals surface area contributed by atoms with Crippen LogP contribution in [0.2, 0.25) is 0 Å². The number of benzene rings is 1. The van der Waals surface area contributed by atoms with E-state index in [2.05, 4.69) is 22.2 Å². The molecule has 0 saturated heterocycles. The number of hydrogen-bond donors (Lipinski definition) is 3. The maximum absolute atomic E-state index is 9.59. The summed E-state index contributed by atoms with van der Waals surface area (Å²) in [5.74, 6) is 1.53. The third-order valence-electron chi connectivity index (χ3n) is 3.13. The van der Waals surface area contributed by atoms with Crippen LogP contribution in [-0.2, 0) is 0 Å². The number of aromatic amines is 1. The summed E-state index contributed by atoms with van der Waals surface area (Å²) in [5.41, 5.74) is 1.05. The first-order valence-corrected chi connectivity index (χ1v) is 6.24. The lowest BCUT2D eigenvalue weighted by Crippen LogP contribution is -2.23. The Bertz CT molecular complexity index is 525. The van der Waals surface area contributed by atoms with Gasteiger partial charge in [-0.2, -0.15) is 0 Å². The lowest BCUT2D eigenvalue weighted by molar-refractivity contribution is 0.371. The van der Waals surface area contributed by atoms with E-state index in [4.69, 9.17) is 4.74 Å². The molecule has 5 nitrogen and oxygen atoms in total. The van der Waals surface area contributed by atoms with Crippen LogP contribution in [-0.4, -0.2) is 22.2 Å². The van der Waals surface area contributed by atoms with Crippen LogP contribution in [0.1, 0.15) is 37.3 Å². The predicted molar refractivity (Wildman–Crippen MR) is 73.2 cm³/mol. The van der Waals surface area contributed by atoms with Gasteiger partial charge in [-0.3, -0.25) is 0 Å². The molecule has 0 aliphatic heterocycles. The van der Waals surface area contributed by atoms with Gasteiger partial charge in [-0.15, -0.1) is 0 Å². The van der Waals surface area contributed by atoms with Crippen LogP contribution < -0.4 is 10.1 Å². The van der Waals surface area contributed by atoms with Crippen molar-refractivity contribution in [3.63, 3.8) is 0 Å². The number of imidazole rings is 1. The summed E-state index contributed by atoms with van der Waals surface area (Å²) in [7, 11) is 1.54. The average Bonchev–Trinajstić information content (AvgIpc) is 2.93. The molecule has 0 amide bonds. The minimum atomic E-state index is 0.116. The van der Waals surface area contributed by atoms with E-state index < -0.39 is 0 Å². The van der Waals surface area contributed by atoms with Crippen LogP contribution in [0.25, 0.3) is 0 Å². The van der Waals surface area contributed by atoms with E-state index in [1.165, 1.54) is 0 Å². The van der Waals surface area contributed by atoms with Gasteiger partial charge in [-0.1, -0.05) is 6.07 Å². The minimum Gasteiger partial charge on any atom is -0.504 e. The molecule has 1 aromatic heterocycles. The molecule has 2 aromatic rings. The Morgan fingerprint density at radius 3 is 2.74 bits per heavy atom. The van der Waals surface area contributed by atoms with Gasteiger partial charge in [0.25, 0.3) is 0 Å². The zero-order chi connectivity index (χ0) is 13.8. The maximum atomic E-state index is 9.59. The number of aromatic hydroxyl groups is 1. The van der Waals surface area contributed by atoms with E-state index in [9.17, 15) is 5.11 Å². The molecular formula is C14H19N3O2. The second-order valence-corrected chi connectivity index (χ2v) is 4.52. The van der Waals surface area contributed by atoms with E-state index in [0.717, 1.165) is 11.4 Å². The van der Waals surface area contributed by atoms with Gasteiger partial charge in [0.05, 0.1) is 13.2 Å². The molecule has 2 rings (SSSR count). The topological polar surface area (TPSA) is 70.2 Å². The Morgan fingerprint density at radius 1 is 1.32 bits per heavy atom. The fraction of sp³-hybridized carbons (Fsp3) is 0.357. The number of phenols is 1. The van der Waals surface area contributed by atoms with Gasteiger partial charge < -0.3 is 20.1 Å². The second-order valence-electron chi connectivity index (χ2n) is 4.52. The fourth-order valence-corrected chi connectivity index (χ4v) is 2.03. The lowest BCUT2D eigenvalue weighted by atomic mass is 10.1. The van der Waals surface area contributed by atoms with Crippen molar-refractivity contribution in [3.8, 4) is 11.5 Å². The number of nitrogens with one attached hydrogen (secondary N) is 2. The van der Waals surface area contributed by atoms with Crippen LogP contribution in [0.3, 0.4) is 0 Å². The summed E-state index contributed by atoms with van der Waals surface area (Å²) < 4.78 is 5.12. The third-order valence-corrected chi connectivity index (χ3v) is 3.13. The Labute approximate surface area is 112 Å². The predicted octanol–water partition coefficient (Wildman–Crippen LogP) is 2.54. The molecule has 0 spiro atoms. The van der Waals surface area contributed by atoms with Crippen LogP contribution in [0.4, 0.5) is 0 Å². The maximum Gasteiger partial charge on any atom is 0.160 e. The normalized spacial score (nSPS) is 14.1. The largest absolute Gasteiger partial charge is 0.504 e. The molecule has 5 heteroatoms. The van der Waals surface area contributed by atoms with Crippen molar-refractivity contribution in [1.82, 2.24) is 15.3 Å². The van der Waals surface area contributed by atoms with Gasteiger partial charge >= 0.3 is 0 Å². The highest BCUT2D eigenvalue weighted by molar-refractivity contribution is 5.42. The summed E-state index contributed by atoms with van der Waals surface area (Å²) in [6, 6.07) is 5.59. The molecule has 0 aliphatic rings. The van der Waals surface area contributed by atoms with E-state index in [0.29, 0.717) is 5.75 Å². The second kappa shape index (κ2) is 5.75. The number of nitrogens with zero attached hydrogens (tertiary/aromatic N) is 1. The van der Waals surface area contributed by atoms with Gasteiger partial charge in [0, 0.05) is 18.4 Å². The number of ether oxygens (including phenoxy) is 1. The van der Waals surface area contributed by atoms with Crippen molar-refractivity contribution in [2.24, 2.45) is 0 Å². The third kappa shape index (κ3) is 3.06. The van der Waals surface area contributed by atoms with E-state index in [1.807, 2.05) is 25.3 Å². The average molecular weight is 261 g/mol. The highest BCUT2D eigenvalue weighted by atomic mass is 16.5. The van der Waals surface area contributed by atoms with Gasteiger partial charge in [-0.25, -0.2) is 4.98 Å². The summed E-state index contributed by atoms with van der Waals surface area (Å²) >= 11 is 0. The molecule has 2 atom stereocenters. The molecule has 0 bridgehead atoms. The summed E-state index contributed by atoms with van der Waals surface area (Å²) in [6.45, 7) is 4.11. The Kier molecular flexibility index (Phi) is 4.06. The number of phenolic OH excluding ortho intramolecular Hbond substituents is 1. The van der Waals surface area contributed by atoms with Crippen molar-refractivity contribution >= 4 is 0 Å². The first-order valence-electron chi connectivity index (χ1n) is 6.24. The van der Waals surface area contributed by atoms with E-state index in [-0.39, 0.29) is 17.8 Å². The lowest BCUT2D eigenvalue weighted by Gasteiger charge is -2.19. The van der Waals surface area contributed by atoms with Crippen LogP contribution >= 0.6 is 0 Å². The van der Waals surface area contributed by atoms with Gasteiger partial charge in [0.2, 0.25) is 0 Å². The van der Waals surface area contributed by atoms with Gasteiger partial charge in [-0.05, 0) is 31.5 Å². The van der Waals surface area contributed by atoms with Crippen LogP contribution in [0.15, 0.2) is 30.6 Å². The van der Waals surface area contributed by atoms with Crippen LogP contribution in [0.5, 0.6) is 11.5 Å². The van der Waals surface area contributed by atoms with Crippen molar-refractivity contribution < 1.29 is 9.84 Å². The van der Waals surface area contributed by atoms with Crippen molar-refractivity contribution in [3.05, 3.63) is 42.0 Å². The molecule has 3 N–H and O–H groups in total. The molecule has 19 heavy (non-hydrogen) atoms. The smallest absolute Gasteiger partial charge is 0.160 e. The number of aromatic nitrogens is 2. The van der Waals surface area contributed by atoms with Crippen LogP contribution in [0, 0.1) is 0 Å². The Hall–Kier alpha value is -2.01. The quantitative estimate of drug-likeness (QED) is 0.773. The molecule has 0 aliphatic carbocycles. The first-order chi connectivity index (χ1) is 9.11. The summed E-state index contributed by atoms with van der Waals surface area (Å²) in [4.78, 5) is 7.32. The molecule has 0 fully saturated rings. The van der Waals surface area contributed by atoms with E-state index >= 15 is 0 Å². The summed E-state index contributed by atoms with van der Waals surface area (Å²) in [6.07, 6.45) is 3.55. The first kappa shape index (κ1) is 13.4. The standard InChI is InChI=1S/C14H19N3O2/c1-9(17-10(2)14-15-6-7-16-14)11-4-5-12(18)13(8-11)19-3/h4-10,17-18H,1-3H3,(H,15,16). The monoisotopic (exact) mass is 261 g/mol. The van der Waals surface area contributed by atoms with Crippen molar-refractivity contribution in [2.75, 3.05) is 7.11 Å². The number of rotatable bonds is 5. The molecule has 2 unspecified atom stereocenters. The highest BCUT2D eigenvalue weighted by Gasteiger charge is 2.14. The molecule has 1 heterocycles. The number of hydrogen-bond acceptors (Lipinski definition) is 4. The Morgan fingerprint density at radius 2 is 2.11 bits per heavy atom. The molecule has 1 aromatic carbocycles. The SMILES string of the molecule is COc1cc(C(C)NC(C)c2ncc[nH]2)ccc1O. The molecule has 0 radical (unpaired) electrons. The van der Waals surface area contributed by atoms with Crippen molar-refractivity contribution in [1.29, 1.82) is 0 Å². The van der Waals surface area contributed by atoms with E-state index in [1.54, 1.807) is 19.4 Å². The molecule has 102 valence electrons. The fourth-order valence-electron chi connectivity index (χ4n) is 2.03. The van der Waals surface area contributed by atoms with Gasteiger partial charge in [0.15, 0.2) is 11.5 Å². The number of H-pyrrole nitrogens is 1. The molecule has 0 saturated carbocycles. The zero-order valence-corrected chi connectivity index (χ0v) is 11.3. The Balaban J connectivity index is 2.09. The highest BCUT2D eigenvalue weighted by Crippen LogP contribution is 2.29. The zero-order valence-electron chi connectivity index (χ0n) is 11.3.